The van der Waals surface area contributed by atoms with Gasteiger partial charge in [-0.1, -0.05) is 97.1 Å². The van der Waals surface area contributed by atoms with E-state index in [0.29, 0.717) is 0 Å². The lowest BCUT2D eigenvalue weighted by atomic mass is 9.84. The molecule has 0 fully saturated rings. The zero-order valence-corrected chi connectivity index (χ0v) is 22.3. The van der Waals surface area contributed by atoms with Crippen LogP contribution in [0, 0.1) is 0 Å². The molecule has 186 valence electrons. The molecule has 2 heterocycles. The Morgan fingerprint density at radius 2 is 1.15 bits per heavy atom. The lowest BCUT2D eigenvalue weighted by Crippen LogP contribution is -1.91. The minimum Gasteiger partial charge on any atom is -0.464 e. The topological polar surface area (TPSA) is 13.1 Å². The van der Waals surface area contributed by atoms with E-state index in [1.807, 2.05) is 17.4 Å². The Morgan fingerprint density at radius 1 is 0.450 bits per heavy atom. The predicted octanol–water partition coefficient (Wildman–Crippen LogP) is 11.6. The molecule has 2 heteroatoms. The van der Waals surface area contributed by atoms with E-state index >= 15 is 0 Å². The first-order chi connectivity index (χ1) is 19.8. The van der Waals surface area contributed by atoms with E-state index in [0.717, 1.165) is 11.0 Å². The van der Waals surface area contributed by atoms with Crippen molar-refractivity contribution in [1.82, 2.24) is 0 Å². The van der Waals surface area contributed by atoms with Crippen LogP contribution in [0.15, 0.2) is 138 Å². The molecule has 0 saturated heterocycles. The van der Waals surface area contributed by atoms with Gasteiger partial charge in [0.25, 0.3) is 0 Å². The molecule has 0 amide bonds. The van der Waals surface area contributed by atoms with Crippen LogP contribution in [0.5, 0.6) is 0 Å². The van der Waals surface area contributed by atoms with E-state index in [1.54, 1.807) is 6.26 Å². The molecular weight excluding hydrogens is 504 g/mol. The summed E-state index contributed by atoms with van der Waals surface area (Å²) in [6, 6.07) is 46.6. The van der Waals surface area contributed by atoms with Gasteiger partial charge in [0.1, 0.15) is 5.58 Å². The Labute approximate surface area is 234 Å². The number of hydrogen-bond acceptors (Lipinski definition) is 2. The van der Waals surface area contributed by atoms with Crippen molar-refractivity contribution in [1.29, 1.82) is 0 Å². The van der Waals surface area contributed by atoms with Gasteiger partial charge >= 0.3 is 0 Å². The molecule has 9 aromatic rings. The summed E-state index contributed by atoms with van der Waals surface area (Å²) in [6.07, 6.45) is 1.78. The summed E-state index contributed by atoms with van der Waals surface area (Å²) >= 11 is 1.86. The molecule has 0 saturated carbocycles. The highest BCUT2D eigenvalue weighted by Crippen LogP contribution is 2.48. The molecular formula is C38H22OS. The van der Waals surface area contributed by atoms with Crippen LogP contribution in [-0.4, -0.2) is 0 Å². The minimum absolute atomic E-state index is 0.934. The summed E-state index contributed by atoms with van der Waals surface area (Å²) in [5.74, 6) is 0. The Morgan fingerprint density at radius 3 is 1.93 bits per heavy atom. The maximum absolute atomic E-state index is 5.83. The fourth-order valence-corrected chi connectivity index (χ4v) is 7.73. The van der Waals surface area contributed by atoms with Crippen LogP contribution in [0.1, 0.15) is 0 Å². The molecule has 1 nitrogen and oxygen atoms in total. The van der Waals surface area contributed by atoms with Gasteiger partial charge in [-0.3, -0.25) is 0 Å². The highest BCUT2D eigenvalue weighted by atomic mass is 32.1. The Bertz CT molecular complexity index is 2380. The molecule has 0 aliphatic carbocycles. The highest BCUT2D eigenvalue weighted by Gasteiger charge is 2.20. The molecule has 2 aromatic heterocycles. The predicted molar refractivity (Wildman–Crippen MR) is 172 cm³/mol. The summed E-state index contributed by atoms with van der Waals surface area (Å²) in [5.41, 5.74) is 6.04. The second-order valence-electron chi connectivity index (χ2n) is 10.5. The fourth-order valence-electron chi connectivity index (χ4n) is 6.56. The summed E-state index contributed by atoms with van der Waals surface area (Å²) < 4.78 is 8.42. The second kappa shape index (κ2) is 8.29. The first kappa shape index (κ1) is 22.0. The number of hydrogen-bond donors (Lipinski definition) is 0. The molecule has 0 spiro atoms. The highest BCUT2D eigenvalue weighted by molar-refractivity contribution is 7.26. The molecule has 0 aliphatic rings. The normalized spacial score (nSPS) is 12.0. The summed E-state index contributed by atoms with van der Waals surface area (Å²) in [7, 11) is 0. The van der Waals surface area contributed by atoms with E-state index in [-0.39, 0.29) is 0 Å². The minimum atomic E-state index is 0.934. The standard InChI is InChI=1S/C38H22OS/c1-2-9-24-20-26(17-16-23(24)8-1)36-27-10-3-5-12-29(27)37(30-13-6-4-11-28(30)36)31-14-7-15-34-38(31)32-22-33-25(18-19-39-33)21-35(32)40-34/h1-22H. The maximum Gasteiger partial charge on any atom is 0.134 e. The lowest BCUT2D eigenvalue weighted by Gasteiger charge is -2.18. The zero-order chi connectivity index (χ0) is 26.2. The summed E-state index contributed by atoms with van der Waals surface area (Å²) in [6.45, 7) is 0. The summed E-state index contributed by atoms with van der Waals surface area (Å²) in [4.78, 5) is 0. The van der Waals surface area contributed by atoms with E-state index < -0.39 is 0 Å². The van der Waals surface area contributed by atoms with Crippen molar-refractivity contribution >= 4 is 74.8 Å². The van der Waals surface area contributed by atoms with Crippen molar-refractivity contribution in [2.24, 2.45) is 0 Å². The number of benzene rings is 7. The molecule has 0 bridgehead atoms. The molecule has 0 N–H and O–H groups in total. The van der Waals surface area contributed by atoms with Crippen LogP contribution in [-0.2, 0) is 0 Å². The Kier molecular flexibility index (Phi) is 4.55. The first-order valence-electron chi connectivity index (χ1n) is 13.6. The van der Waals surface area contributed by atoms with E-state index in [4.69, 9.17) is 4.42 Å². The number of rotatable bonds is 2. The molecule has 0 aliphatic heterocycles. The average Bonchev–Trinajstić information content (AvgIpc) is 3.62. The Balaban J connectivity index is 1.44. The van der Waals surface area contributed by atoms with Gasteiger partial charge in [0, 0.05) is 25.6 Å². The van der Waals surface area contributed by atoms with Crippen LogP contribution >= 0.6 is 11.3 Å². The zero-order valence-electron chi connectivity index (χ0n) is 21.5. The average molecular weight is 527 g/mol. The molecule has 40 heavy (non-hydrogen) atoms. The lowest BCUT2D eigenvalue weighted by molar-refractivity contribution is 0.616. The maximum atomic E-state index is 5.83. The first-order valence-corrected chi connectivity index (χ1v) is 14.4. The monoisotopic (exact) mass is 526 g/mol. The van der Waals surface area contributed by atoms with Gasteiger partial charge < -0.3 is 4.42 Å². The van der Waals surface area contributed by atoms with Crippen molar-refractivity contribution in [2.75, 3.05) is 0 Å². The van der Waals surface area contributed by atoms with Crippen LogP contribution in [0.2, 0.25) is 0 Å². The van der Waals surface area contributed by atoms with Crippen molar-refractivity contribution in [3.05, 3.63) is 134 Å². The molecule has 7 aromatic carbocycles. The van der Waals surface area contributed by atoms with E-state index in [9.17, 15) is 0 Å². The van der Waals surface area contributed by atoms with Crippen LogP contribution in [0.3, 0.4) is 0 Å². The van der Waals surface area contributed by atoms with E-state index in [2.05, 4.69) is 121 Å². The molecule has 0 atom stereocenters. The van der Waals surface area contributed by atoms with Gasteiger partial charge in [0.2, 0.25) is 0 Å². The Hall–Kier alpha value is -4.92. The third kappa shape index (κ3) is 3.08. The van der Waals surface area contributed by atoms with Crippen molar-refractivity contribution in [3.63, 3.8) is 0 Å². The van der Waals surface area contributed by atoms with Gasteiger partial charge in [-0.2, -0.15) is 0 Å². The van der Waals surface area contributed by atoms with Gasteiger partial charge in [-0.05, 0) is 84.9 Å². The summed E-state index contributed by atoms with van der Waals surface area (Å²) in [5, 5.41) is 11.3. The molecule has 0 radical (unpaired) electrons. The van der Waals surface area contributed by atoms with Crippen molar-refractivity contribution in [2.45, 2.75) is 0 Å². The fraction of sp³-hybridized carbons (Fsp3) is 0. The van der Waals surface area contributed by atoms with E-state index in [1.165, 1.54) is 74.7 Å². The SMILES string of the molecule is c1ccc2cc(-c3c4ccccc4c(-c4cccc5sc6cc7ccoc7cc6c45)c4ccccc34)ccc2c1. The number of furan rings is 1. The second-order valence-corrected chi connectivity index (χ2v) is 11.6. The quantitative estimate of drug-likeness (QED) is 0.204. The third-order valence-corrected chi connectivity index (χ3v) is 9.43. The smallest absolute Gasteiger partial charge is 0.134 e. The van der Waals surface area contributed by atoms with Gasteiger partial charge in [-0.25, -0.2) is 0 Å². The molecule has 0 unspecified atom stereocenters. The third-order valence-electron chi connectivity index (χ3n) is 8.31. The molecule has 9 rings (SSSR count). The van der Waals surface area contributed by atoms with Crippen molar-refractivity contribution < 1.29 is 4.42 Å². The van der Waals surface area contributed by atoms with Crippen LogP contribution < -0.4 is 0 Å². The van der Waals surface area contributed by atoms with Gasteiger partial charge in [0.15, 0.2) is 0 Å². The van der Waals surface area contributed by atoms with Crippen LogP contribution in [0.25, 0.3) is 85.7 Å². The van der Waals surface area contributed by atoms with Gasteiger partial charge in [-0.15, -0.1) is 11.3 Å². The largest absolute Gasteiger partial charge is 0.464 e. The van der Waals surface area contributed by atoms with Crippen LogP contribution in [0.4, 0.5) is 0 Å². The number of fused-ring (bicyclic) bond motifs is 7. The number of thiophene rings is 1. The van der Waals surface area contributed by atoms with Gasteiger partial charge in [0.05, 0.1) is 6.26 Å². The van der Waals surface area contributed by atoms with Crippen molar-refractivity contribution in [3.8, 4) is 22.3 Å².